The molecule has 27 heavy (non-hydrogen) atoms. The van der Waals surface area contributed by atoms with E-state index in [0.29, 0.717) is 37.3 Å². The Labute approximate surface area is 154 Å². The van der Waals surface area contributed by atoms with Gasteiger partial charge in [-0.25, -0.2) is 9.18 Å². The highest BCUT2D eigenvalue weighted by Crippen LogP contribution is 2.36. The molecule has 0 radical (unpaired) electrons. The summed E-state index contributed by atoms with van der Waals surface area (Å²) in [6.07, 6.45) is 0.329. The number of carboxylic acid groups (broad SMARTS) is 1. The minimum Gasteiger partial charge on any atom is -0.449 e. The van der Waals surface area contributed by atoms with Gasteiger partial charge in [0.15, 0.2) is 0 Å². The first kappa shape index (κ1) is 17.6. The molecule has 0 spiro atoms. The van der Waals surface area contributed by atoms with Crippen LogP contribution in [0.4, 0.5) is 14.9 Å². The maximum Gasteiger partial charge on any atom is 0.511 e. The molecule has 0 bridgehead atoms. The summed E-state index contributed by atoms with van der Waals surface area (Å²) in [5, 5.41) is 10.8. The molecule has 3 heterocycles. The molecule has 2 atom stereocenters. The van der Waals surface area contributed by atoms with Crippen LogP contribution in [-0.2, 0) is 6.42 Å². The largest absolute Gasteiger partial charge is 0.511 e. The lowest BCUT2D eigenvalue weighted by molar-refractivity contribution is 0.143. The van der Waals surface area contributed by atoms with E-state index in [2.05, 4.69) is 4.74 Å². The van der Waals surface area contributed by atoms with Gasteiger partial charge in [0, 0.05) is 38.3 Å². The van der Waals surface area contributed by atoms with Gasteiger partial charge in [-0.2, -0.15) is 0 Å². The van der Waals surface area contributed by atoms with E-state index < -0.39 is 17.4 Å². The number of anilines is 1. The molecule has 3 N–H and O–H groups in total. The molecule has 1 aromatic carbocycles. The van der Waals surface area contributed by atoms with Crippen molar-refractivity contribution in [1.82, 2.24) is 4.68 Å². The van der Waals surface area contributed by atoms with Crippen LogP contribution in [0, 0.1) is 11.7 Å². The lowest BCUT2D eigenvalue weighted by Crippen LogP contribution is -2.39. The maximum absolute atomic E-state index is 15.1. The third-order valence-electron chi connectivity index (χ3n) is 5.50. The van der Waals surface area contributed by atoms with Crippen LogP contribution >= 0.6 is 0 Å². The van der Waals surface area contributed by atoms with E-state index >= 15 is 4.39 Å². The summed E-state index contributed by atoms with van der Waals surface area (Å²) < 4.78 is 21.4. The van der Waals surface area contributed by atoms with Gasteiger partial charge in [-0.15, -0.1) is 0 Å². The number of carbonyl (C=O) groups is 1. The summed E-state index contributed by atoms with van der Waals surface area (Å²) in [7, 11) is 1.81. The van der Waals surface area contributed by atoms with Gasteiger partial charge < -0.3 is 25.5 Å². The second kappa shape index (κ2) is 6.12. The van der Waals surface area contributed by atoms with Gasteiger partial charge in [0.05, 0.1) is 22.8 Å². The number of hydrogen-bond donors (Lipinski definition) is 2. The zero-order chi connectivity index (χ0) is 19.5. The molecule has 8 nitrogen and oxygen atoms in total. The number of halogens is 1. The lowest BCUT2D eigenvalue weighted by Gasteiger charge is -2.33. The first-order chi connectivity index (χ1) is 12.8. The van der Waals surface area contributed by atoms with Gasteiger partial charge >= 0.3 is 6.16 Å². The van der Waals surface area contributed by atoms with Crippen molar-refractivity contribution in [2.24, 2.45) is 11.7 Å². The molecule has 1 saturated heterocycles. The predicted octanol–water partition coefficient (Wildman–Crippen LogP) is 1.10. The van der Waals surface area contributed by atoms with E-state index in [9.17, 15) is 9.59 Å². The molecule has 1 aromatic heterocycles. The van der Waals surface area contributed by atoms with E-state index in [4.69, 9.17) is 10.8 Å². The van der Waals surface area contributed by atoms with Crippen LogP contribution in [0.25, 0.3) is 10.9 Å². The number of nitrogens with two attached hydrogens (primary N) is 1. The number of aromatic nitrogens is 1. The van der Waals surface area contributed by atoms with E-state index in [1.807, 2.05) is 23.9 Å². The lowest BCUT2D eigenvalue weighted by atomic mass is 10.0. The molecule has 144 valence electrons. The van der Waals surface area contributed by atoms with Crippen molar-refractivity contribution in [2.45, 2.75) is 19.4 Å². The van der Waals surface area contributed by atoms with Gasteiger partial charge in [0.1, 0.15) is 5.82 Å². The van der Waals surface area contributed by atoms with Crippen molar-refractivity contribution in [3.05, 3.63) is 33.9 Å². The molecule has 2 aromatic rings. The predicted molar refractivity (Wildman–Crippen MR) is 98.9 cm³/mol. The number of hydrogen-bond acceptors (Lipinski definition) is 6. The first-order valence-corrected chi connectivity index (χ1v) is 8.81. The Hall–Kier alpha value is -2.81. The maximum atomic E-state index is 15.1. The van der Waals surface area contributed by atoms with Gasteiger partial charge in [0.2, 0.25) is 11.2 Å². The number of benzene rings is 1. The number of nitrogens with zero attached hydrogens (tertiary/aromatic N) is 3. The van der Waals surface area contributed by atoms with Crippen LogP contribution in [-0.4, -0.2) is 48.7 Å². The highest BCUT2D eigenvalue weighted by Gasteiger charge is 2.33. The fourth-order valence-electron chi connectivity index (χ4n) is 4.05. The minimum atomic E-state index is -1.59. The van der Waals surface area contributed by atoms with E-state index in [-0.39, 0.29) is 23.1 Å². The molecular formula is C18H21FN4O4. The monoisotopic (exact) mass is 376 g/mol. The van der Waals surface area contributed by atoms with Gasteiger partial charge in [-0.3, -0.25) is 9.47 Å². The molecule has 4 rings (SSSR count). The Kier molecular flexibility index (Phi) is 3.99. The van der Waals surface area contributed by atoms with Crippen LogP contribution in [0.2, 0.25) is 0 Å². The summed E-state index contributed by atoms with van der Waals surface area (Å²) in [5.41, 5.74) is 7.28. The van der Waals surface area contributed by atoms with Gasteiger partial charge in [0.25, 0.3) is 0 Å². The number of likely N-dealkylation sites (N-methyl/N-ethyl adjacent to an activating group) is 1. The summed E-state index contributed by atoms with van der Waals surface area (Å²) in [4.78, 5) is 25.5. The molecule has 2 aliphatic heterocycles. The van der Waals surface area contributed by atoms with Crippen molar-refractivity contribution in [1.29, 1.82) is 0 Å². The van der Waals surface area contributed by atoms with E-state index in [1.54, 1.807) is 4.68 Å². The normalized spacial score (nSPS) is 21.8. The average molecular weight is 376 g/mol. The van der Waals surface area contributed by atoms with Crippen molar-refractivity contribution < 1.29 is 19.0 Å². The second-order valence-electron chi connectivity index (χ2n) is 7.29. The Morgan fingerprint density at radius 2 is 2.15 bits per heavy atom. The topological polar surface area (TPSA) is 101 Å². The Morgan fingerprint density at radius 1 is 1.41 bits per heavy atom. The number of pyridine rings is 1. The van der Waals surface area contributed by atoms with Gasteiger partial charge in [-0.1, -0.05) is 6.92 Å². The molecule has 0 saturated carbocycles. The molecule has 1 fully saturated rings. The summed E-state index contributed by atoms with van der Waals surface area (Å²) in [6, 6.07) is 1.14. The number of rotatable bonds is 2. The van der Waals surface area contributed by atoms with Crippen LogP contribution in [0.1, 0.15) is 12.5 Å². The van der Waals surface area contributed by atoms with Crippen LogP contribution < -0.4 is 25.8 Å². The molecule has 9 heteroatoms. The molecular weight excluding hydrogens is 355 g/mol. The first-order valence-electron chi connectivity index (χ1n) is 8.81. The van der Waals surface area contributed by atoms with Crippen molar-refractivity contribution in [2.75, 3.05) is 36.6 Å². The quantitative estimate of drug-likeness (QED) is 0.757. The third kappa shape index (κ3) is 2.69. The van der Waals surface area contributed by atoms with E-state index in [0.717, 1.165) is 5.56 Å². The zero-order valence-electron chi connectivity index (χ0n) is 15.1. The van der Waals surface area contributed by atoms with Crippen molar-refractivity contribution in [3.63, 3.8) is 0 Å². The average Bonchev–Trinajstić information content (AvgIpc) is 2.92. The summed E-state index contributed by atoms with van der Waals surface area (Å²) in [5.74, 6) is -0.606. The molecule has 2 aliphatic rings. The van der Waals surface area contributed by atoms with Gasteiger partial charge in [-0.05, 0) is 18.4 Å². The molecule has 0 unspecified atom stereocenters. The van der Waals surface area contributed by atoms with Crippen LogP contribution in [0.15, 0.2) is 17.1 Å². The highest BCUT2D eigenvalue weighted by atomic mass is 19.1. The fourth-order valence-corrected chi connectivity index (χ4v) is 4.05. The number of ether oxygens (including phenoxy) is 1. The summed E-state index contributed by atoms with van der Waals surface area (Å²) in [6.45, 7) is 3.82. The van der Waals surface area contributed by atoms with Crippen LogP contribution in [0.5, 0.6) is 5.75 Å². The summed E-state index contributed by atoms with van der Waals surface area (Å²) >= 11 is 0. The third-order valence-corrected chi connectivity index (χ3v) is 5.50. The van der Waals surface area contributed by atoms with E-state index in [1.165, 1.54) is 12.3 Å². The Balaban J connectivity index is 1.99. The van der Waals surface area contributed by atoms with Crippen molar-refractivity contribution in [3.8, 4) is 5.75 Å². The Bertz CT molecular complexity index is 995. The molecule has 0 aliphatic carbocycles. The SMILES string of the molecule is C[C@@H]1CN(c2c(F)cc3c(=O)c(OC(=O)O)cn4c3c2CCN4C)C[C@@H]1N. The minimum absolute atomic E-state index is 0.0351. The fraction of sp³-hybridized carbons (Fsp3) is 0.444. The van der Waals surface area contributed by atoms with Crippen LogP contribution in [0.3, 0.4) is 0 Å². The second-order valence-corrected chi connectivity index (χ2v) is 7.29. The zero-order valence-corrected chi connectivity index (χ0v) is 15.1. The highest BCUT2D eigenvalue weighted by molar-refractivity contribution is 5.90. The molecule has 0 amide bonds. The standard InChI is InChI=1S/C18H21FN4O4/c1-9-6-22(7-13(9)20)16-10-3-4-21(2)23-8-14(27-18(25)26)17(24)11(15(10)23)5-12(16)19/h5,8-9,13H,3-4,6-7,20H2,1-2H3,(H,25,26)/t9-,13+/m1/s1. The smallest absolute Gasteiger partial charge is 0.449 e. The van der Waals surface area contributed by atoms with Crippen molar-refractivity contribution >= 4 is 22.7 Å². The Morgan fingerprint density at radius 3 is 2.78 bits per heavy atom.